The van der Waals surface area contributed by atoms with E-state index in [9.17, 15) is 52.8 Å². The molecular weight excluding hydrogens is 881 g/mol. The maximum absolute atomic E-state index is 14.7. The molecule has 22 heteroatoms. The minimum atomic E-state index is -5.05. The standard InChI is InChI=1S/C17H17F3N4O3S.C12H14F3NO2S.C12H10N2O2/c18-13-2-1-3-15(10-13)28(26,27)17(19,20)12-5-8-24(9-6-12)16(25)23-14-4-7-21-22-11-14;13-10-2-1-3-11(8-10)19(17,18)12(14,15)9-4-6-16-7-5-9;15-12(8-10-6-7-13-14-9-10)16-11-4-2-1-3-5-11/h1-4,7,10-12H,5-6,8-9H2,(H,21,23,25);1-3,8-9,16H,4-7H2;1-7,9H,8H2. The molecule has 2 N–H and O–H groups in total. The highest BCUT2D eigenvalue weighted by Crippen LogP contribution is 2.42. The number of urea groups is 1. The molecule has 3 aromatic carbocycles. The number of anilines is 1. The summed E-state index contributed by atoms with van der Waals surface area (Å²) in [7, 11) is -9.92. The van der Waals surface area contributed by atoms with Crippen LogP contribution < -0.4 is 15.4 Å². The number of sulfone groups is 2. The summed E-state index contributed by atoms with van der Waals surface area (Å²) in [4.78, 5) is 23.6. The number of likely N-dealkylation sites (tertiary alicyclic amines) is 1. The fraction of sp³-hybridized carbons (Fsp3) is 0.317. The number of benzene rings is 3. The van der Waals surface area contributed by atoms with Crippen molar-refractivity contribution in [2.75, 3.05) is 31.5 Å². The number of hydrogen-bond donors (Lipinski definition) is 2. The normalized spacial score (nSPS) is 15.2. The number of carbonyl (C=O) groups excluding carboxylic acids is 2. The van der Waals surface area contributed by atoms with Crippen LogP contribution in [0.5, 0.6) is 5.75 Å². The minimum absolute atomic E-state index is 0.0384. The second kappa shape index (κ2) is 21.4. The molecule has 7 rings (SSSR count). The molecule has 0 aliphatic carbocycles. The first-order valence-corrected chi connectivity index (χ1v) is 22.2. The molecule has 2 aromatic heterocycles. The van der Waals surface area contributed by atoms with Crippen LogP contribution in [-0.2, 0) is 30.9 Å². The van der Waals surface area contributed by atoms with Gasteiger partial charge in [-0.05, 0) is 105 Å². The quantitative estimate of drug-likeness (QED) is 0.0854. The highest BCUT2D eigenvalue weighted by Gasteiger charge is 2.54. The third-order valence-electron chi connectivity index (χ3n) is 9.81. The predicted octanol–water partition coefficient (Wildman–Crippen LogP) is 6.74. The van der Waals surface area contributed by atoms with Crippen molar-refractivity contribution in [3.05, 3.63) is 133 Å². The molecule has 5 aromatic rings. The molecule has 63 heavy (non-hydrogen) atoms. The molecule has 2 amide bonds. The van der Waals surface area contributed by atoms with Crippen LogP contribution in [-0.4, -0.2) is 90.8 Å². The van der Waals surface area contributed by atoms with Gasteiger partial charge in [-0.15, -0.1) is 0 Å². The zero-order valence-electron chi connectivity index (χ0n) is 33.2. The van der Waals surface area contributed by atoms with Crippen LogP contribution in [0.2, 0.25) is 0 Å². The highest BCUT2D eigenvalue weighted by molar-refractivity contribution is 7.92. The number of nitrogens with one attached hydrogen (secondary N) is 2. The van der Waals surface area contributed by atoms with Gasteiger partial charge in [0.15, 0.2) is 0 Å². The Bertz CT molecular complexity index is 2460. The number of nitrogens with zero attached hydrogens (tertiary/aromatic N) is 5. The van der Waals surface area contributed by atoms with Gasteiger partial charge >= 0.3 is 22.5 Å². The summed E-state index contributed by atoms with van der Waals surface area (Å²) in [5, 5.41) is 12.0. The summed E-state index contributed by atoms with van der Waals surface area (Å²) >= 11 is 0. The van der Waals surface area contributed by atoms with E-state index in [1.165, 1.54) is 23.4 Å². The van der Waals surface area contributed by atoms with Crippen LogP contribution in [0.15, 0.2) is 126 Å². The lowest BCUT2D eigenvalue weighted by Gasteiger charge is -2.35. The Labute approximate surface area is 358 Å². The van der Waals surface area contributed by atoms with E-state index in [1.807, 2.05) is 18.2 Å². The van der Waals surface area contributed by atoms with Gasteiger partial charge in [0.25, 0.3) is 0 Å². The number of carbonyl (C=O) groups is 2. The lowest BCUT2D eigenvalue weighted by atomic mass is 9.97. The Morgan fingerprint density at radius 2 is 1.21 bits per heavy atom. The summed E-state index contributed by atoms with van der Waals surface area (Å²) in [6, 6.07) is 19.1. The first-order valence-electron chi connectivity index (χ1n) is 19.2. The van der Waals surface area contributed by atoms with Crippen molar-refractivity contribution >= 4 is 37.4 Å². The molecule has 2 aliphatic heterocycles. The molecule has 0 bridgehead atoms. The number of amides is 2. The average Bonchev–Trinajstić information content (AvgIpc) is 3.28. The topological polar surface area (TPSA) is 191 Å². The molecule has 0 atom stereocenters. The summed E-state index contributed by atoms with van der Waals surface area (Å²) in [5.74, 6) is -4.22. The summed E-state index contributed by atoms with van der Waals surface area (Å²) in [6.07, 6.45) is 5.78. The number of aromatic nitrogens is 4. The van der Waals surface area contributed by atoms with Gasteiger partial charge in [0.2, 0.25) is 19.7 Å². The third-order valence-corrected chi connectivity index (χ3v) is 13.7. The smallest absolute Gasteiger partial charge is 0.352 e. The van der Waals surface area contributed by atoms with E-state index in [2.05, 4.69) is 31.0 Å². The SMILES string of the molecule is O=C(Cc1ccnnc1)Oc1ccccc1.O=C(Nc1ccnnc1)N1CCC(C(F)(F)S(=O)(=O)c2cccc(F)c2)CC1.O=S(=O)(c1cccc(F)c1)C(F)(F)C1CCNCC1. The zero-order valence-corrected chi connectivity index (χ0v) is 34.8. The monoisotopic (exact) mass is 921 g/mol. The van der Waals surface area contributed by atoms with Gasteiger partial charge in [0.1, 0.15) is 17.4 Å². The predicted molar refractivity (Wildman–Crippen MR) is 216 cm³/mol. The van der Waals surface area contributed by atoms with Gasteiger partial charge in [0, 0.05) is 31.1 Å². The number of rotatable bonds is 10. The molecule has 2 fully saturated rings. The van der Waals surface area contributed by atoms with Crippen molar-refractivity contribution in [3.63, 3.8) is 0 Å². The largest absolute Gasteiger partial charge is 0.426 e. The van der Waals surface area contributed by atoms with Crippen LogP contribution in [0.3, 0.4) is 0 Å². The second-order valence-electron chi connectivity index (χ2n) is 14.1. The minimum Gasteiger partial charge on any atom is -0.426 e. The number of para-hydroxylation sites is 1. The molecule has 2 aliphatic rings. The van der Waals surface area contributed by atoms with Gasteiger partial charge < -0.3 is 20.3 Å². The lowest BCUT2D eigenvalue weighted by Crippen LogP contribution is -2.47. The Morgan fingerprint density at radius 3 is 1.70 bits per heavy atom. The maximum atomic E-state index is 14.7. The zero-order chi connectivity index (χ0) is 45.7. The molecule has 0 unspecified atom stereocenters. The van der Waals surface area contributed by atoms with Crippen LogP contribution in [0.1, 0.15) is 31.2 Å². The van der Waals surface area contributed by atoms with E-state index in [0.717, 1.165) is 42.0 Å². The van der Waals surface area contributed by atoms with E-state index in [4.69, 9.17) is 4.74 Å². The van der Waals surface area contributed by atoms with Gasteiger partial charge in [-0.2, -0.15) is 38.0 Å². The first kappa shape index (κ1) is 48.0. The molecule has 4 heterocycles. The Hall–Kier alpha value is -6.00. The van der Waals surface area contributed by atoms with E-state index in [-0.39, 0.29) is 51.2 Å². The van der Waals surface area contributed by atoms with Crippen LogP contribution in [0.4, 0.5) is 36.8 Å². The molecular formula is C41H41F6N7O7S2. The molecule has 336 valence electrons. The van der Waals surface area contributed by atoms with Gasteiger partial charge in [0.05, 0.1) is 40.5 Å². The molecule has 2 saturated heterocycles. The molecule has 0 saturated carbocycles. The van der Waals surface area contributed by atoms with Crippen molar-refractivity contribution in [3.8, 4) is 5.75 Å². The Morgan fingerprint density at radius 1 is 0.683 bits per heavy atom. The third kappa shape index (κ3) is 12.6. The van der Waals surface area contributed by atoms with E-state index in [1.54, 1.807) is 30.6 Å². The number of alkyl halides is 4. The Kier molecular flexibility index (Phi) is 16.3. The molecule has 0 spiro atoms. The van der Waals surface area contributed by atoms with Crippen molar-refractivity contribution in [2.24, 2.45) is 11.8 Å². The van der Waals surface area contributed by atoms with Crippen LogP contribution in [0, 0.1) is 23.5 Å². The van der Waals surface area contributed by atoms with Crippen LogP contribution in [0.25, 0.3) is 0 Å². The van der Waals surface area contributed by atoms with Gasteiger partial charge in [-0.3, -0.25) is 4.79 Å². The Balaban J connectivity index is 0.000000187. The van der Waals surface area contributed by atoms with Crippen molar-refractivity contribution in [2.45, 2.75) is 52.4 Å². The van der Waals surface area contributed by atoms with Crippen LogP contribution >= 0.6 is 0 Å². The van der Waals surface area contributed by atoms with Crippen molar-refractivity contribution in [1.82, 2.24) is 30.6 Å². The average molecular weight is 922 g/mol. The first-order chi connectivity index (χ1) is 29.9. The maximum Gasteiger partial charge on any atom is 0.352 e. The number of esters is 1. The number of hydrogen-bond acceptors (Lipinski definition) is 12. The summed E-state index contributed by atoms with van der Waals surface area (Å²) in [6.45, 7) is 0.643. The molecule has 0 radical (unpaired) electrons. The highest BCUT2D eigenvalue weighted by atomic mass is 32.2. The number of piperidine rings is 2. The van der Waals surface area contributed by atoms with Crippen molar-refractivity contribution < 1.29 is 57.5 Å². The number of ether oxygens (including phenoxy) is 1. The second-order valence-corrected chi connectivity index (χ2v) is 18.2. The fourth-order valence-electron chi connectivity index (χ4n) is 6.41. The van der Waals surface area contributed by atoms with E-state index >= 15 is 0 Å². The summed E-state index contributed by atoms with van der Waals surface area (Å²) in [5.41, 5.74) is 1.19. The van der Waals surface area contributed by atoms with Gasteiger partial charge in [-0.1, -0.05) is 30.3 Å². The molecule has 14 nitrogen and oxygen atoms in total. The number of halogens is 6. The van der Waals surface area contributed by atoms with Gasteiger partial charge in [-0.25, -0.2) is 30.4 Å². The van der Waals surface area contributed by atoms with E-state index in [0.29, 0.717) is 36.7 Å². The van der Waals surface area contributed by atoms with Crippen molar-refractivity contribution in [1.29, 1.82) is 0 Å². The lowest BCUT2D eigenvalue weighted by molar-refractivity contribution is -0.133. The summed E-state index contributed by atoms with van der Waals surface area (Å²) < 4.78 is 138. The fourth-order valence-corrected chi connectivity index (χ4v) is 9.44. The van der Waals surface area contributed by atoms with E-state index < -0.39 is 69.5 Å².